The molecule has 2 saturated heterocycles. The molecule has 0 aromatic carbocycles. The van der Waals surface area contributed by atoms with Gasteiger partial charge in [0.1, 0.15) is 0 Å². The van der Waals surface area contributed by atoms with Gasteiger partial charge in [0.2, 0.25) is 11.8 Å². The fraction of sp³-hybridized carbons (Fsp3) is 0.850. The van der Waals surface area contributed by atoms with E-state index < -0.39 is 5.97 Å². The second-order valence-electron chi connectivity index (χ2n) is 8.17. The first kappa shape index (κ1) is 23.6. The van der Waals surface area contributed by atoms with Gasteiger partial charge in [-0.15, -0.1) is 0 Å². The summed E-state index contributed by atoms with van der Waals surface area (Å²) in [6.45, 7) is 7.74. The summed E-state index contributed by atoms with van der Waals surface area (Å²) in [4.78, 5) is 41.5. The fourth-order valence-electron chi connectivity index (χ4n) is 3.91. The minimum absolute atomic E-state index is 0.0251. The molecule has 0 bridgehead atoms. The lowest BCUT2D eigenvalue weighted by Gasteiger charge is -2.36. The molecule has 2 heterocycles. The molecule has 1 unspecified atom stereocenters. The number of carbonyl (C=O) groups is 3. The van der Waals surface area contributed by atoms with Gasteiger partial charge in [0, 0.05) is 64.7 Å². The molecule has 2 aliphatic rings. The highest BCUT2D eigenvalue weighted by Gasteiger charge is 2.28. The normalized spacial score (nSPS) is 21.2. The molecule has 0 aliphatic carbocycles. The summed E-state index contributed by atoms with van der Waals surface area (Å²) in [5, 5.41) is 14.2. The topological polar surface area (TPSA) is 105 Å². The Morgan fingerprint density at radius 3 is 2.28 bits per heavy atom. The molecule has 0 saturated carbocycles. The van der Waals surface area contributed by atoms with Crippen molar-refractivity contribution in [1.82, 2.24) is 25.3 Å². The summed E-state index contributed by atoms with van der Waals surface area (Å²) in [6.07, 6.45) is 3.71. The third kappa shape index (κ3) is 9.56. The number of hydrogen-bond acceptors (Lipinski definition) is 6. The minimum Gasteiger partial charge on any atom is -0.481 e. The quantitative estimate of drug-likeness (QED) is 0.222. The summed E-state index contributed by atoms with van der Waals surface area (Å²) in [6, 6.07) is 0.459. The van der Waals surface area contributed by atoms with Crippen molar-refractivity contribution in [3.8, 4) is 0 Å². The first-order valence-electron chi connectivity index (χ1n) is 10.8. The van der Waals surface area contributed by atoms with E-state index in [1.54, 1.807) is 0 Å². The Hall–Kier alpha value is -1.71. The number of amides is 2. The molecule has 166 valence electrons. The van der Waals surface area contributed by atoms with Crippen LogP contribution < -0.4 is 10.6 Å². The Kier molecular flexibility index (Phi) is 10.4. The lowest BCUT2D eigenvalue weighted by molar-refractivity contribution is -0.137. The second-order valence-corrected chi connectivity index (χ2v) is 8.17. The number of piperazine rings is 1. The summed E-state index contributed by atoms with van der Waals surface area (Å²) >= 11 is 0. The Bertz CT molecular complexity index is 537. The third-order valence-corrected chi connectivity index (χ3v) is 5.70. The van der Waals surface area contributed by atoms with Crippen LogP contribution in [0.4, 0.5) is 0 Å². The van der Waals surface area contributed by atoms with Crippen molar-refractivity contribution in [1.29, 1.82) is 0 Å². The fourth-order valence-corrected chi connectivity index (χ4v) is 3.91. The van der Waals surface area contributed by atoms with E-state index >= 15 is 0 Å². The lowest BCUT2D eigenvalue weighted by Crippen LogP contribution is -2.50. The maximum atomic E-state index is 12.3. The van der Waals surface area contributed by atoms with Gasteiger partial charge in [-0.3, -0.25) is 24.2 Å². The first-order chi connectivity index (χ1) is 13.9. The van der Waals surface area contributed by atoms with E-state index in [-0.39, 0.29) is 18.2 Å². The van der Waals surface area contributed by atoms with Gasteiger partial charge in [-0.1, -0.05) is 0 Å². The molecule has 2 fully saturated rings. The van der Waals surface area contributed by atoms with E-state index in [9.17, 15) is 14.4 Å². The monoisotopic (exact) mass is 425 g/mol. The van der Waals surface area contributed by atoms with Crippen LogP contribution in [-0.4, -0.2) is 110 Å². The van der Waals surface area contributed by atoms with E-state index in [2.05, 4.69) is 32.4 Å². The number of carboxylic acids is 1. The van der Waals surface area contributed by atoms with Crippen molar-refractivity contribution in [3.63, 3.8) is 0 Å². The van der Waals surface area contributed by atoms with Crippen LogP contribution in [0.3, 0.4) is 0 Å². The van der Waals surface area contributed by atoms with Gasteiger partial charge in [-0.2, -0.15) is 0 Å². The largest absolute Gasteiger partial charge is 0.481 e. The van der Waals surface area contributed by atoms with Crippen LogP contribution in [0.15, 0.2) is 0 Å². The van der Waals surface area contributed by atoms with Gasteiger partial charge in [0.05, 0.1) is 6.54 Å². The van der Waals surface area contributed by atoms with Crippen LogP contribution in [-0.2, 0) is 14.4 Å². The smallest absolute Gasteiger partial charge is 0.303 e. The number of rotatable bonds is 12. The van der Waals surface area contributed by atoms with Gasteiger partial charge in [-0.25, -0.2) is 0 Å². The highest BCUT2D eigenvalue weighted by molar-refractivity contribution is 5.78. The molecule has 0 spiro atoms. The van der Waals surface area contributed by atoms with Crippen molar-refractivity contribution < 1.29 is 19.5 Å². The van der Waals surface area contributed by atoms with Crippen molar-refractivity contribution in [2.24, 2.45) is 0 Å². The molecule has 2 aliphatic heterocycles. The molecule has 2 amide bonds. The van der Waals surface area contributed by atoms with Gasteiger partial charge in [0.25, 0.3) is 0 Å². The number of likely N-dealkylation sites (N-methyl/N-ethyl adjacent to an activating group) is 1. The van der Waals surface area contributed by atoms with E-state index in [0.717, 1.165) is 52.1 Å². The SMILES string of the molecule is C[15N]1CCN([13CH2][13CH]2[13CH2][13CH2][13CH2]N2CC(=O)[15NH]CCCC(=O)[15NH][13CH2][13CH2][13CH2][13C](=O)O)[13CH2][13CH2]1. The van der Waals surface area contributed by atoms with Crippen LogP contribution in [0.2, 0.25) is 0 Å². The number of aliphatic carboxylic acids is 1. The van der Waals surface area contributed by atoms with Gasteiger partial charge in [0.15, 0.2) is 0 Å². The highest BCUT2D eigenvalue weighted by Crippen LogP contribution is 2.18. The molecular weight excluding hydrogens is 388 g/mol. The minimum atomic E-state index is -0.856. The summed E-state index contributed by atoms with van der Waals surface area (Å²) in [7, 11) is 2.16. The first-order valence-corrected chi connectivity index (χ1v) is 10.8. The molecule has 3 N–H and O–H groups in total. The van der Waals surface area contributed by atoms with Gasteiger partial charge < -0.3 is 20.6 Å². The Labute approximate surface area is 173 Å². The number of hydrogen-bond donors (Lipinski definition) is 3. The molecule has 0 radical (unpaired) electrons. The van der Waals surface area contributed by atoms with Crippen molar-refractivity contribution in [2.75, 3.05) is 66.0 Å². The highest BCUT2D eigenvalue weighted by atomic mass is 16.5. The second kappa shape index (κ2) is 12.8. The zero-order valence-corrected chi connectivity index (χ0v) is 17.7. The number of likely N-dealkylation sites (tertiary alicyclic amines) is 1. The molecule has 9 heteroatoms. The summed E-state index contributed by atoms with van der Waals surface area (Å²) in [5.74, 6) is -0.931. The van der Waals surface area contributed by atoms with E-state index in [1.165, 1.54) is 0 Å². The maximum absolute atomic E-state index is 12.3. The molecular formula is C20H37N5O4. The predicted molar refractivity (Wildman–Crippen MR) is 111 cm³/mol. The zero-order chi connectivity index (χ0) is 21.1. The number of carbonyl (C=O) groups excluding carboxylic acids is 2. The van der Waals surface area contributed by atoms with Crippen molar-refractivity contribution in [2.45, 2.75) is 44.6 Å². The Morgan fingerprint density at radius 2 is 1.59 bits per heavy atom. The summed E-state index contributed by atoms with van der Waals surface area (Å²) in [5.41, 5.74) is 0. The molecule has 29 heavy (non-hydrogen) atoms. The van der Waals surface area contributed by atoms with Crippen LogP contribution in [0.5, 0.6) is 0 Å². The maximum Gasteiger partial charge on any atom is 0.303 e. The summed E-state index contributed by atoms with van der Waals surface area (Å²) < 4.78 is 0. The van der Waals surface area contributed by atoms with Crippen molar-refractivity contribution in [3.05, 3.63) is 0 Å². The number of carboxylic acid groups (broad SMARTS) is 1. The van der Waals surface area contributed by atoms with Gasteiger partial charge >= 0.3 is 5.97 Å². The third-order valence-electron chi connectivity index (χ3n) is 5.70. The van der Waals surface area contributed by atoms with Crippen molar-refractivity contribution >= 4 is 17.8 Å². The predicted octanol–water partition coefficient (Wildman–Crippen LogP) is -0.424. The van der Waals surface area contributed by atoms with Crippen LogP contribution in [0.1, 0.15) is 38.5 Å². The van der Waals surface area contributed by atoms with E-state index in [0.29, 0.717) is 44.9 Å². The molecule has 0 aromatic heterocycles. The molecule has 9 nitrogen and oxygen atoms in total. The Morgan fingerprint density at radius 1 is 0.931 bits per heavy atom. The van der Waals surface area contributed by atoms with Gasteiger partial charge in [-0.05, 0) is 39.3 Å². The molecule has 2 rings (SSSR count). The average Bonchev–Trinajstić information content (AvgIpc) is 3.10. The number of nitrogens with zero attached hydrogens (tertiary/aromatic N) is 3. The molecule has 0 aromatic rings. The van der Waals surface area contributed by atoms with E-state index in [1.807, 2.05) is 0 Å². The van der Waals surface area contributed by atoms with Crippen LogP contribution >= 0.6 is 0 Å². The van der Waals surface area contributed by atoms with Crippen LogP contribution in [0, 0.1) is 0 Å². The Balaban J connectivity index is 1.55. The zero-order valence-electron chi connectivity index (χ0n) is 17.7. The average molecular weight is 425 g/mol. The van der Waals surface area contributed by atoms with E-state index in [4.69, 9.17) is 5.11 Å². The van der Waals surface area contributed by atoms with Crippen LogP contribution in [0.25, 0.3) is 0 Å². The molecule has 1 atom stereocenters. The standard InChI is InChI=1S/C20H37N5O4/c1-23-11-13-24(14-12-23)15-17-5-4-10-25(17)16-19(27)22-8-2-6-18(26)21-9-3-7-20(28)29/h17H,2-16H2,1H3,(H,21,26)(H,22,27)(H,28,29)/i3+1,4+1,5+1,7+1,9+1,10+1,11+1,13+1,15+1,17+1,20+1,21+1,22+1,23+1. The lowest BCUT2D eigenvalue weighted by atomic mass is 10.3. The number of nitrogens with one attached hydrogen (secondary N) is 2.